The van der Waals surface area contributed by atoms with Crippen LogP contribution in [0.15, 0.2) is 24.3 Å². The first-order valence-electron chi connectivity index (χ1n) is 5.96. The monoisotopic (exact) mass is 234 g/mol. The molecule has 0 saturated carbocycles. The number of nitrogens with one attached hydrogen (secondary N) is 1. The molecule has 2 rings (SSSR count). The highest BCUT2D eigenvalue weighted by Gasteiger charge is 2.28. The highest BCUT2D eigenvalue weighted by molar-refractivity contribution is 5.90. The van der Waals surface area contributed by atoms with Crippen LogP contribution in [0, 0.1) is 6.92 Å². The smallest absolute Gasteiger partial charge is 0.322 e. The van der Waals surface area contributed by atoms with Gasteiger partial charge in [-0.25, -0.2) is 4.79 Å². The van der Waals surface area contributed by atoms with E-state index in [2.05, 4.69) is 5.32 Å². The fourth-order valence-corrected chi connectivity index (χ4v) is 2.19. The number of carbonyl (C=O) groups is 1. The van der Waals surface area contributed by atoms with Crippen molar-refractivity contribution in [3.05, 3.63) is 29.8 Å². The number of para-hydroxylation sites is 1. The van der Waals surface area contributed by atoms with Gasteiger partial charge in [-0.15, -0.1) is 0 Å². The molecule has 0 aromatic heterocycles. The van der Waals surface area contributed by atoms with Crippen LogP contribution in [0.1, 0.15) is 18.4 Å². The van der Waals surface area contributed by atoms with E-state index in [4.69, 9.17) is 0 Å². The second kappa shape index (κ2) is 5.19. The van der Waals surface area contributed by atoms with E-state index in [0.29, 0.717) is 0 Å². The summed E-state index contributed by atoms with van der Waals surface area (Å²) in [4.78, 5) is 13.8. The van der Waals surface area contributed by atoms with Crippen LogP contribution in [0.4, 0.5) is 10.5 Å². The van der Waals surface area contributed by atoms with Crippen molar-refractivity contribution in [1.82, 2.24) is 4.90 Å². The number of hydrogen-bond donors (Lipinski definition) is 2. The van der Waals surface area contributed by atoms with Gasteiger partial charge in [-0.3, -0.25) is 0 Å². The molecule has 1 fully saturated rings. The van der Waals surface area contributed by atoms with Gasteiger partial charge in [0.25, 0.3) is 0 Å². The van der Waals surface area contributed by atoms with Crippen molar-refractivity contribution in [3.63, 3.8) is 0 Å². The van der Waals surface area contributed by atoms with Crippen LogP contribution in [-0.4, -0.2) is 35.2 Å². The van der Waals surface area contributed by atoms with Gasteiger partial charge >= 0.3 is 6.03 Å². The van der Waals surface area contributed by atoms with E-state index < -0.39 is 0 Å². The maximum Gasteiger partial charge on any atom is 0.322 e. The van der Waals surface area contributed by atoms with Gasteiger partial charge in [0, 0.05) is 12.2 Å². The Morgan fingerprint density at radius 2 is 2.29 bits per heavy atom. The summed E-state index contributed by atoms with van der Waals surface area (Å²) >= 11 is 0. The van der Waals surface area contributed by atoms with Gasteiger partial charge in [-0.1, -0.05) is 18.2 Å². The molecule has 1 saturated heterocycles. The number of carbonyl (C=O) groups excluding carboxylic acids is 1. The third kappa shape index (κ3) is 2.58. The van der Waals surface area contributed by atoms with Crippen LogP contribution in [0.5, 0.6) is 0 Å². The van der Waals surface area contributed by atoms with Gasteiger partial charge in [-0.2, -0.15) is 0 Å². The number of aliphatic hydroxyl groups excluding tert-OH is 1. The fraction of sp³-hybridized carbons (Fsp3) is 0.462. The van der Waals surface area contributed by atoms with Crippen molar-refractivity contribution in [2.45, 2.75) is 25.8 Å². The number of nitrogens with zero attached hydrogens (tertiary/aromatic N) is 1. The molecule has 2 amide bonds. The fourth-order valence-electron chi connectivity index (χ4n) is 2.19. The Bertz CT molecular complexity index is 406. The largest absolute Gasteiger partial charge is 0.394 e. The summed E-state index contributed by atoms with van der Waals surface area (Å²) in [5.41, 5.74) is 1.88. The van der Waals surface area contributed by atoms with Crippen molar-refractivity contribution in [2.24, 2.45) is 0 Å². The van der Waals surface area contributed by atoms with E-state index in [0.717, 1.165) is 30.6 Å². The Balaban J connectivity index is 2.04. The molecule has 1 aromatic rings. The summed E-state index contributed by atoms with van der Waals surface area (Å²) in [5.74, 6) is 0. The predicted octanol–water partition coefficient (Wildman–Crippen LogP) is 1.98. The molecule has 1 aliphatic heterocycles. The van der Waals surface area contributed by atoms with Crippen molar-refractivity contribution in [2.75, 3.05) is 18.5 Å². The molecule has 4 nitrogen and oxygen atoms in total. The van der Waals surface area contributed by atoms with Crippen LogP contribution in [-0.2, 0) is 0 Å². The van der Waals surface area contributed by atoms with Gasteiger partial charge in [-0.05, 0) is 31.4 Å². The Hall–Kier alpha value is -1.55. The van der Waals surface area contributed by atoms with Crippen molar-refractivity contribution in [1.29, 1.82) is 0 Å². The summed E-state index contributed by atoms with van der Waals surface area (Å²) in [6.45, 7) is 2.73. The molecule has 2 N–H and O–H groups in total. The van der Waals surface area contributed by atoms with Crippen molar-refractivity contribution >= 4 is 11.7 Å². The lowest BCUT2D eigenvalue weighted by Gasteiger charge is -2.23. The third-order valence-electron chi connectivity index (χ3n) is 3.24. The third-order valence-corrected chi connectivity index (χ3v) is 3.24. The number of aliphatic hydroxyl groups is 1. The maximum atomic E-state index is 12.0. The number of urea groups is 1. The van der Waals surface area contributed by atoms with E-state index in [1.807, 2.05) is 31.2 Å². The quantitative estimate of drug-likeness (QED) is 0.822. The minimum absolute atomic E-state index is 0.0287. The molecule has 1 atom stereocenters. The first kappa shape index (κ1) is 11.9. The van der Waals surface area contributed by atoms with Gasteiger partial charge in [0.2, 0.25) is 0 Å². The minimum atomic E-state index is -0.115. The Labute approximate surface area is 101 Å². The van der Waals surface area contributed by atoms with Gasteiger partial charge < -0.3 is 15.3 Å². The Morgan fingerprint density at radius 3 is 3.00 bits per heavy atom. The molecule has 0 unspecified atom stereocenters. The molecule has 1 heterocycles. The van der Waals surface area contributed by atoms with Crippen molar-refractivity contribution in [3.8, 4) is 0 Å². The van der Waals surface area contributed by atoms with Crippen molar-refractivity contribution < 1.29 is 9.90 Å². The zero-order valence-corrected chi connectivity index (χ0v) is 10.0. The number of rotatable bonds is 2. The lowest BCUT2D eigenvalue weighted by Crippen LogP contribution is -2.40. The molecule has 1 aliphatic rings. The number of anilines is 1. The van der Waals surface area contributed by atoms with Gasteiger partial charge in [0.05, 0.1) is 12.6 Å². The first-order valence-corrected chi connectivity index (χ1v) is 5.96. The Morgan fingerprint density at radius 1 is 1.53 bits per heavy atom. The molecule has 0 spiro atoms. The van der Waals surface area contributed by atoms with Crippen LogP contribution < -0.4 is 5.32 Å². The molecule has 0 radical (unpaired) electrons. The SMILES string of the molecule is Cc1ccccc1NC(=O)N1CCC[C@H]1CO. The number of hydrogen-bond acceptors (Lipinski definition) is 2. The average molecular weight is 234 g/mol. The van der Waals surface area contributed by atoms with E-state index in [1.165, 1.54) is 0 Å². The normalized spacial score (nSPS) is 19.4. The minimum Gasteiger partial charge on any atom is -0.394 e. The number of aryl methyl sites for hydroxylation is 1. The molecule has 17 heavy (non-hydrogen) atoms. The van der Waals surface area contributed by atoms with Crippen LogP contribution in [0.25, 0.3) is 0 Å². The molecule has 1 aromatic carbocycles. The molecule has 4 heteroatoms. The number of amides is 2. The maximum absolute atomic E-state index is 12.0. The second-order valence-electron chi connectivity index (χ2n) is 4.42. The highest BCUT2D eigenvalue weighted by Crippen LogP contribution is 2.19. The topological polar surface area (TPSA) is 52.6 Å². The molecular weight excluding hydrogens is 216 g/mol. The second-order valence-corrected chi connectivity index (χ2v) is 4.42. The molecule has 92 valence electrons. The summed E-state index contributed by atoms with van der Waals surface area (Å²) in [6, 6.07) is 7.54. The van der Waals surface area contributed by atoms with E-state index in [9.17, 15) is 9.90 Å². The lowest BCUT2D eigenvalue weighted by molar-refractivity contribution is 0.166. The zero-order valence-electron chi connectivity index (χ0n) is 10.0. The van der Waals surface area contributed by atoms with Crippen LogP contribution in [0.2, 0.25) is 0 Å². The van der Waals surface area contributed by atoms with Gasteiger partial charge in [0.1, 0.15) is 0 Å². The average Bonchev–Trinajstić information content (AvgIpc) is 2.80. The summed E-state index contributed by atoms with van der Waals surface area (Å²) < 4.78 is 0. The summed E-state index contributed by atoms with van der Waals surface area (Å²) in [7, 11) is 0. The summed E-state index contributed by atoms with van der Waals surface area (Å²) in [6.07, 6.45) is 1.85. The number of benzene rings is 1. The highest BCUT2D eigenvalue weighted by atomic mass is 16.3. The van der Waals surface area contributed by atoms with Gasteiger partial charge in [0.15, 0.2) is 0 Å². The first-order chi connectivity index (χ1) is 8.22. The van der Waals surface area contributed by atoms with E-state index in [1.54, 1.807) is 4.90 Å². The van der Waals surface area contributed by atoms with Crippen LogP contribution >= 0.6 is 0 Å². The molecular formula is C13H18N2O2. The van der Waals surface area contributed by atoms with E-state index >= 15 is 0 Å². The zero-order chi connectivity index (χ0) is 12.3. The van der Waals surface area contributed by atoms with E-state index in [-0.39, 0.29) is 18.7 Å². The lowest BCUT2D eigenvalue weighted by atomic mass is 10.2. The summed E-state index contributed by atoms with van der Waals surface area (Å²) in [5, 5.41) is 12.1. The molecule has 0 bridgehead atoms. The predicted molar refractivity (Wildman–Crippen MR) is 67.0 cm³/mol. The Kier molecular flexibility index (Phi) is 3.64. The van der Waals surface area contributed by atoms with Crippen LogP contribution in [0.3, 0.4) is 0 Å². The molecule has 0 aliphatic carbocycles. The number of likely N-dealkylation sites (tertiary alicyclic amines) is 1. The standard InChI is InChI=1S/C13H18N2O2/c1-10-5-2-3-7-12(10)14-13(17)15-8-4-6-11(15)9-16/h2-3,5,7,11,16H,4,6,8-9H2,1H3,(H,14,17)/t11-/m0/s1.